The van der Waals surface area contributed by atoms with Gasteiger partial charge in [0.05, 0.1) is 10.7 Å². The first-order valence-electron chi connectivity index (χ1n) is 7.19. The normalized spacial score (nSPS) is 18.9. The maximum Gasteiger partial charge on any atom is 0.225 e. The highest BCUT2D eigenvalue weighted by molar-refractivity contribution is 6.33. The molecule has 1 amide bonds. The number of benzene rings is 1. The van der Waals surface area contributed by atoms with Crippen LogP contribution in [0, 0.1) is 0 Å². The van der Waals surface area contributed by atoms with Crippen LogP contribution in [0.15, 0.2) is 24.3 Å². The van der Waals surface area contributed by atoms with Gasteiger partial charge in [0.1, 0.15) is 0 Å². The number of nitrogens with one attached hydrogen (secondary N) is 1. The van der Waals surface area contributed by atoms with Gasteiger partial charge in [0.15, 0.2) is 0 Å². The third-order valence-corrected chi connectivity index (χ3v) is 4.12. The maximum absolute atomic E-state index is 12.0. The number of hydrogen-bond donors (Lipinski definition) is 2. The fraction of sp³-hybridized carbons (Fsp3) is 0.533. The van der Waals surface area contributed by atoms with Crippen molar-refractivity contribution < 1.29 is 4.79 Å². The van der Waals surface area contributed by atoms with Crippen molar-refractivity contribution in [1.82, 2.24) is 4.90 Å². The van der Waals surface area contributed by atoms with Crippen molar-refractivity contribution in [2.75, 3.05) is 25.0 Å². The second-order valence-electron chi connectivity index (χ2n) is 5.20. The topological polar surface area (TPSA) is 58.4 Å². The Hall–Kier alpha value is -0.810. The predicted octanol–water partition coefficient (Wildman–Crippen LogP) is 2.90. The van der Waals surface area contributed by atoms with E-state index in [1.165, 1.54) is 12.8 Å². The van der Waals surface area contributed by atoms with Crippen LogP contribution in [0.3, 0.4) is 0 Å². The van der Waals surface area contributed by atoms with E-state index in [1.807, 2.05) is 18.2 Å². The summed E-state index contributed by atoms with van der Waals surface area (Å²) in [6.07, 6.45) is 4.05. The smallest absolute Gasteiger partial charge is 0.225 e. The van der Waals surface area contributed by atoms with Crippen molar-refractivity contribution in [1.29, 1.82) is 0 Å². The highest BCUT2D eigenvalue weighted by atomic mass is 35.5. The zero-order valence-corrected chi connectivity index (χ0v) is 13.6. The monoisotopic (exact) mass is 331 g/mol. The second-order valence-corrected chi connectivity index (χ2v) is 5.61. The number of carbonyl (C=O) groups excluding carboxylic acids is 1. The molecular weight excluding hydrogens is 309 g/mol. The molecule has 1 aliphatic rings. The third kappa shape index (κ3) is 5.47. The Morgan fingerprint density at radius 1 is 1.38 bits per heavy atom. The Bertz CT molecular complexity index is 456. The first-order chi connectivity index (χ1) is 9.70. The SMILES string of the molecule is Cl.NCC1CCCCN1CCC(=O)Nc1ccccc1Cl. The molecule has 1 saturated heterocycles. The molecule has 0 spiro atoms. The Kier molecular flexibility index (Phi) is 8.04. The Morgan fingerprint density at radius 2 is 2.14 bits per heavy atom. The summed E-state index contributed by atoms with van der Waals surface area (Å²) in [6.45, 7) is 2.48. The van der Waals surface area contributed by atoms with Gasteiger partial charge in [-0.2, -0.15) is 0 Å². The summed E-state index contributed by atoms with van der Waals surface area (Å²) in [7, 11) is 0. The Balaban J connectivity index is 0.00000220. The molecule has 0 saturated carbocycles. The quantitative estimate of drug-likeness (QED) is 0.872. The van der Waals surface area contributed by atoms with Crippen molar-refractivity contribution in [2.45, 2.75) is 31.7 Å². The number of hydrogen-bond acceptors (Lipinski definition) is 3. The molecule has 3 N–H and O–H groups in total. The van der Waals surface area contributed by atoms with E-state index >= 15 is 0 Å². The van der Waals surface area contributed by atoms with Crippen LogP contribution in [-0.4, -0.2) is 36.5 Å². The molecule has 2 rings (SSSR count). The van der Waals surface area contributed by atoms with Crippen molar-refractivity contribution in [3.63, 3.8) is 0 Å². The van der Waals surface area contributed by atoms with Crippen molar-refractivity contribution in [2.24, 2.45) is 5.73 Å². The molecule has 0 bridgehead atoms. The molecular formula is C15H23Cl2N3O. The maximum atomic E-state index is 12.0. The molecule has 118 valence electrons. The molecule has 4 nitrogen and oxygen atoms in total. The number of anilines is 1. The van der Waals surface area contributed by atoms with Crippen LogP contribution in [0.25, 0.3) is 0 Å². The zero-order valence-electron chi connectivity index (χ0n) is 12.1. The Morgan fingerprint density at radius 3 is 2.86 bits per heavy atom. The lowest BCUT2D eigenvalue weighted by Gasteiger charge is -2.34. The van der Waals surface area contributed by atoms with Crippen molar-refractivity contribution >= 4 is 35.6 Å². The first kappa shape index (κ1) is 18.2. The number of piperidine rings is 1. The van der Waals surface area contributed by atoms with E-state index in [-0.39, 0.29) is 18.3 Å². The highest BCUT2D eigenvalue weighted by Crippen LogP contribution is 2.21. The number of para-hydroxylation sites is 1. The summed E-state index contributed by atoms with van der Waals surface area (Å²) in [5.41, 5.74) is 6.46. The van der Waals surface area contributed by atoms with Crippen molar-refractivity contribution in [3.8, 4) is 0 Å². The van der Waals surface area contributed by atoms with E-state index in [2.05, 4.69) is 10.2 Å². The van der Waals surface area contributed by atoms with Gasteiger partial charge in [-0.25, -0.2) is 0 Å². The number of nitrogens with two attached hydrogens (primary N) is 1. The fourth-order valence-corrected chi connectivity index (χ4v) is 2.82. The summed E-state index contributed by atoms with van der Waals surface area (Å²) >= 11 is 6.02. The van der Waals surface area contributed by atoms with Gasteiger partial charge in [-0.05, 0) is 31.5 Å². The van der Waals surface area contributed by atoms with Gasteiger partial charge in [0.2, 0.25) is 5.91 Å². The van der Waals surface area contributed by atoms with Gasteiger partial charge in [-0.1, -0.05) is 30.2 Å². The third-order valence-electron chi connectivity index (χ3n) is 3.80. The zero-order chi connectivity index (χ0) is 14.4. The number of likely N-dealkylation sites (tertiary alicyclic amines) is 1. The average molecular weight is 332 g/mol. The van der Waals surface area contributed by atoms with Crippen LogP contribution in [0.5, 0.6) is 0 Å². The molecule has 0 aliphatic carbocycles. The summed E-state index contributed by atoms with van der Waals surface area (Å²) in [6, 6.07) is 7.71. The van der Waals surface area contributed by atoms with Crippen molar-refractivity contribution in [3.05, 3.63) is 29.3 Å². The molecule has 1 aliphatic heterocycles. The lowest BCUT2D eigenvalue weighted by atomic mass is 10.0. The van der Waals surface area contributed by atoms with E-state index in [0.29, 0.717) is 29.7 Å². The molecule has 21 heavy (non-hydrogen) atoms. The fourth-order valence-electron chi connectivity index (χ4n) is 2.64. The second kappa shape index (κ2) is 9.26. The van der Waals surface area contributed by atoms with Crippen LogP contribution in [-0.2, 0) is 4.79 Å². The highest BCUT2D eigenvalue weighted by Gasteiger charge is 2.21. The largest absolute Gasteiger partial charge is 0.329 e. The number of carbonyl (C=O) groups is 1. The summed E-state index contributed by atoms with van der Waals surface area (Å²) in [4.78, 5) is 14.3. The minimum absolute atomic E-state index is 0. The van der Waals surface area contributed by atoms with Crippen LogP contribution < -0.4 is 11.1 Å². The lowest BCUT2D eigenvalue weighted by Crippen LogP contribution is -2.45. The number of nitrogens with zero attached hydrogens (tertiary/aromatic N) is 1. The molecule has 0 radical (unpaired) electrons. The van der Waals surface area contributed by atoms with Gasteiger partial charge >= 0.3 is 0 Å². The summed E-state index contributed by atoms with van der Waals surface area (Å²) < 4.78 is 0. The molecule has 1 unspecified atom stereocenters. The van der Waals surface area contributed by atoms with Gasteiger partial charge in [-0.3, -0.25) is 9.69 Å². The summed E-state index contributed by atoms with van der Waals surface area (Å²) in [5, 5.41) is 3.42. The molecule has 6 heteroatoms. The first-order valence-corrected chi connectivity index (χ1v) is 7.57. The van der Waals surface area contributed by atoms with E-state index in [0.717, 1.165) is 19.5 Å². The van der Waals surface area contributed by atoms with Crippen LogP contribution in [0.2, 0.25) is 5.02 Å². The lowest BCUT2D eigenvalue weighted by molar-refractivity contribution is -0.116. The molecule has 1 aromatic rings. The number of amides is 1. The molecule has 0 aromatic heterocycles. The van der Waals surface area contributed by atoms with Gasteiger partial charge in [0.25, 0.3) is 0 Å². The van der Waals surface area contributed by atoms with E-state index in [4.69, 9.17) is 17.3 Å². The van der Waals surface area contributed by atoms with Crippen LogP contribution in [0.1, 0.15) is 25.7 Å². The van der Waals surface area contributed by atoms with Gasteiger partial charge in [0, 0.05) is 25.6 Å². The number of halogens is 2. The van der Waals surface area contributed by atoms with Gasteiger partial charge in [-0.15, -0.1) is 12.4 Å². The minimum Gasteiger partial charge on any atom is -0.329 e. The van der Waals surface area contributed by atoms with Crippen LogP contribution in [0.4, 0.5) is 5.69 Å². The molecule has 1 aromatic carbocycles. The Labute approximate surface area is 137 Å². The molecule has 1 fully saturated rings. The van der Waals surface area contributed by atoms with E-state index in [9.17, 15) is 4.79 Å². The van der Waals surface area contributed by atoms with Crippen LogP contribution >= 0.6 is 24.0 Å². The predicted molar refractivity (Wildman–Crippen MR) is 90.2 cm³/mol. The van der Waals surface area contributed by atoms with E-state index in [1.54, 1.807) is 6.07 Å². The average Bonchev–Trinajstić information content (AvgIpc) is 2.48. The summed E-state index contributed by atoms with van der Waals surface area (Å²) in [5.74, 6) is -0.000514. The van der Waals surface area contributed by atoms with E-state index < -0.39 is 0 Å². The molecule has 1 atom stereocenters. The number of rotatable bonds is 5. The minimum atomic E-state index is -0.000514. The molecule has 1 heterocycles. The standard InChI is InChI=1S/C15H22ClN3O.ClH/c16-13-6-1-2-7-14(13)18-15(20)8-10-19-9-4-3-5-12(19)11-17;/h1-2,6-7,12H,3-5,8-11,17H2,(H,18,20);1H. The van der Waals surface area contributed by atoms with Gasteiger partial charge < -0.3 is 11.1 Å².